The van der Waals surface area contributed by atoms with E-state index in [1.54, 1.807) is 30.3 Å². The van der Waals surface area contributed by atoms with Crippen LogP contribution < -0.4 is 9.64 Å². The Kier molecular flexibility index (Phi) is 6.16. The maximum absolute atomic E-state index is 13.2. The molecule has 7 nitrogen and oxygen atoms in total. The number of ether oxygens (including phenoxy) is 1. The number of methoxy groups -OCH3 is 1. The molecule has 0 unspecified atom stereocenters. The molecule has 2 fully saturated rings. The van der Waals surface area contributed by atoms with Gasteiger partial charge in [-0.15, -0.1) is 0 Å². The maximum atomic E-state index is 13.2. The monoisotopic (exact) mass is 408 g/mol. The quantitative estimate of drug-likeness (QED) is 0.778. The van der Waals surface area contributed by atoms with E-state index in [2.05, 4.69) is 9.88 Å². The Morgan fingerprint density at radius 1 is 0.867 bits per heavy atom. The number of pyridine rings is 1. The van der Waals surface area contributed by atoms with E-state index < -0.39 is 0 Å². The van der Waals surface area contributed by atoms with Crippen LogP contribution in [0.25, 0.3) is 0 Å². The Bertz CT molecular complexity index is 903. The number of aromatic nitrogens is 1. The van der Waals surface area contributed by atoms with E-state index in [1.165, 1.54) is 6.42 Å². The fourth-order valence-electron chi connectivity index (χ4n) is 4.14. The van der Waals surface area contributed by atoms with Crippen LogP contribution >= 0.6 is 0 Å². The molecule has 0 atom stereocenters. The third kappa shape index (κ3) is 4.25. The van der Waals surface area contributed by atoms with Crippen molar-refractivity contribution in [3.63, 3.8) is 0 Å². The Balaban J connectivity index is 1.42. The lowest BCUT2D eigenvalue weighted by Gasteiger charge is -2.36. The van der Waals surface area contributed by atoms with E-state index in [4.69, 9.17) is 4.74 Å². The van der Waals surface area contributed by atoms with Crippen molar-refractivity contribution in [3.05, 3.63) is 53.7 Å². The first-order chi connectivity index (χ1) is 14.7. The van der Waals surface area contributed by atoms with Crippen LogP contribution in [0.15, 0.2) is 42.6 Å². The molecule has 2 aliphatic heterocycles. The fraction of sp³-hybridized carbons (Fsp3) is 0.435. The van der Waals surface area contributed by atoms with Gasteiger partial charge in [0.1, 0.15) is 11.6 Å². The lowest BCUT2D eigenvalue weighted by Crippen LogP contribution is -2.50. The van der Waals surface area contributed by atoms with Gasteiger partial charge in [-0.25, -0.2) is 4.98 Å². The summed E-state index contributed by atoms with van der Waals surface area (Å²) in [5, 5.41) is 0. The highest BCUT2D eigenvalue weighted by Gasteiger charge is 2.28. The van der Waals surface area contributed by atoms with Gasteiger partial charge in [0.25, 0.3) is 11.8 Å². The van der Waals surface area contributed by atoms with Crippen molar-refractivity contribution in [3.8, 4) is 5.75 Å². The minimum absolute atomic E-state index is 0.00264. The second-order valence-corrected chi connectivity index (χ2v) is 7.74. The molecular formula is C23H28N4O3. The summed E-state index contributed by atoms with van der Waals surface area (Å²) in [6.07, 6.45) is 5.26. The van der Waals surface area contributed by atoms with Crippen molar-refractivity contribution in [1.29, 1.82) is 0 Å². The van der Waals surface area contributed by atoms with Crippen molar-refractivity contribution >= 4 is 17.6 Å². The fourth-order valence-corrected chi connectivity index (χ4v) is 4.14. The van der Waals surface area contributed by atoms with Crippen LogP contribution in [-0.2, 0) is 0 Å². The molecule has 1 aromatic heterocycles. The maximum Gasteiger partial charge on any atom is 0.257 e. The van der Waals surface area contributed by atoms with Gasteiger partial charge in [-0.3, -0.25) is 9.59 Å². The van der Waals surface area contributed by atoms with Gasteiger partial charge in [0, 0.05) is 51.0 Å². The minimum Gasteiger partial charge on any atom is -0.497 e. The Morgan fingerprint density at radius 3 is 2.27 bits per heavy atom. The van der Waals surface area contributed by atoms with Gasteiger partial charge in [-0.2, -0.15) is 0 Å². The molecule has 158 valence electrons. The Labute approximate surface area is 177 Å². The first kappa shape index (κ1) is 20.2. The lowest BCUT2D eigenvalue weighted by atomic mass is 10.1. The van der Waals surface area contributed by atoms with E-state index in [0.717, 1.165) is 31.7 Å². The number of piperidine rings is 1. The first-order valence-corrected chi connectivity index (χ1v) is 10.6. The topological polar surface area (TPSA) is 66.0 Å². The highest BCUT2D eigenvalue weighted by Crippen LogP contribution is 2.24. The zero-order valence-electron chi connectivity index (χ0n) is 17.4. The predicted molar refractivity (Wildman–Crippen MR) is 115 cm³/mol. The average Bonchev–Trinajstić information content (AvgIpc) is 2.84. The highest BCUT2D eigenvalue weighted by molar-refractivity contribution is 5.99. The van der Waals surface area contributed by atoms with E-state index in [0.29, 0.717) is 43.1 Å². The number of hydrogen-bond acceptors (Lipinski definition) is 5. The summed E-state index contributed by atoms with van der Waals surface area (Å²) < 4.78 is 5.22. The van der Waals surface area contributed by atoms with Crippen LogP contribution in [0.3, 0.4) is 0 Å². The molecule has 2 saturated heterocycles. The van der Waals surface area contributed by atoms with Crippen molar-refractivity contribution in [1.82, 2.24) is 14.8 Å². The highest BCUT2D eigenvalue weighted by atomic mass is 16.5. The molecule has 2 aliphatic rings. The van der Waals surface area contributed by atoms with E-state index in [1.807, 2.05) is 29.2 Å². The van der Waals surface area contributed by atoms with Crippen molar-refractivity contribution in [2.24, 2.45) is 0 Å². The number of benzene rings is 1. The number of carbonyl (C=O) groups is 2. The molecule has 2 amide bonds. The van der Waals surface area contributed by atoms with Gasteiger partial charge in [0.15, 0.2) is 0 Å². The number of amides is 2. The van der Waals surface area contributed by atoms with E-state index in [9.17, 15) is 9.59 Å². The van der Waals surface area contributed by atoms with Gasteiger partial charge < -0.3 is 19.4 Å². The van der Waals surface area contributed by atoms with Crippen LogP contribution in [0.5, 0.6) is 5.75 Å². The van der Waals surface area contributed by atoms with Crippen molar-refractivity contribution < 1.29 is 14.3 Å². The molecule has 0 spiro atoms. The molecule has 0 bridgehead atoms. The third-order valence-electron chi connectivity index (χ3n) is 5.84. The normalized spacial score (nSPS) is 17.0. The van der Waals surface area contributed by atoms with Gasteiger partial charge >= 0.3 is 0 Å². The second kappa shape index (κ2) is 9.15. The van der Waals surface area contributed by atoms with E-state index >= 15 is 0 Å². The average molecular weight is 409 g/mol. The van der Waals surface area contributed by atoms with Gasteiger partial charge in [-0.1, -0.05) is 6.07 Å². The zero-order valence-corrected chi connectivity index (χ0v) is 17.4. The van der Waals surface area contributed by atoms with Crippen LogP contribution in [0.2, 0.25) is 0 Å². The number of anilines is 1. The number of carbonyl (C=O) groups excluding carboxylic acids is 2. The summed E-state index contributed by atoms with van der Waals surface area (Å²) in [6.45, 7) is 3.95. The summed E-state index contributed by atoms with van der Waals surface area (Å²) in [7, 11) is 1.59. The predicted octanol–water partition coefficient (Wildman–Crippen LogP) is 2.68. The minimum atomic E-state index is -0.0311. The van der Waals surface area contributed by atoms with Crippen molar-refractivity contribution in [2.45, 2.75) is 19.3 Å². The molecular weight excluding hydrogens is 380 g/mol. The summed E-state index contributed by atoms with van der Waals surface area (Å²) in [4.78, 5) is 36.4. The summed E-state index contributed by atoms with van der Waals surface area (Å²) in [5.74, 6) is 1.42. The van der Waals surface area contributed by atoms with Crippen LogP contribution in [0, 0.1) is 0 Å². The SMILES string of the molecule is COc1cccc(C(=O)N2CCN(C(=O)c3cccnc3N3CCCCC3)CC2)c1. The largest absolute Gasteiger partial charge is 0.497 e. The molecule has 0 saturated carbocycles. The zero-order chi connectivity index (χ0) is 20.9. The van der Waals surface area contributed by atoms with E-state index in [-0.39, 0.29) is 11.8 Å². The standard InChI is InChI=1S/C23H28N4O3/c1-30-19-8-5-7-18(17-19)22(28)26-13-15-27(16-14-26)23(29)20-9-6-10-24-21(20)25-11-3-2-4-12-25/h5-10,17H,2-4,11-16H2,1H3. The van der Waals surface area contributed by atoms with Crippen LogP contribution in [0.1, 0.15) is 40.0 Å². The molecule has 2 aromatic rings. The lowest BCUT2D eigenvalue weighted by molar-refractivity contribution is 0.0535. The molecule has 1 aromatic carbocycles. The molecule has 4 rings (SSSR count). The summed E-state index contributed by atoms with van der Waals surface area (Å²) in [5.41, 5.74) is 1.26. The summed E-state index contributed by atoms with van der Waals surface area (Å²) in [6, 6.07) is 10.9. The van der Waals surface area contributed by atoms with Gasteiger partial charge in [0.2, 0.25) is 0 Å². The molecule has 0 aliphatic carbocycles. The smallest absolute Gasteiger partial charge is 0.257 e. The van der Waals surface area contributed by atoms with Crippen LogP contribution in [0.4, 0.5) is 5.82 Å². The number of piperazine rings is 1. The second-order valence-electron chi connectivity index (χ2n) is 7.74. The summed E-state index contributed by atoms with van der Waals surface area (Å²) >= 11 is 0. The first-order valence-electron chi connectivity index (χ1n) is 10.6. The molecule has 3 heterocycles. The molecule has 7 heteroatoms. The molecule has 0 N–H and O–H groups in total. The third-order valence-corrected chi connectivity index (χ3v) is 5.84. The Morgan fingerprint density at radius 2 is 1.57 bits per heavy atom. The number of hydrogen-bond donors (Lipinski definition) is 0. The van der Waals surface area contributed by atoms with Crippen molar-refractivity contribution in [2.75, 3.05) is 51.3 Å². The molecule has 0 radical (unpaired) electrons. The van der Waals surface area contributed by atoms with Crippen LogP contribution in [-0.4, -0.2) is 73.0 Å². The van der Waals surface area contributed by atoms with Gasteiger partial charge in [-0.05, 0) is 49.6 Å². The van der Waals surface area contributed by atoms with Gasteiger partial charge in [0.05, 0.1) is 12.7 Å². The number of rotatable bonds is 4. The molecule has 30 heavy (non-hydrogen) atoms. The number of nitrogens with zero attached hydrogens (tertiary/aromatic N) is 4. The Hall–Kier alpha value is -3.09.